The third-order valence-corrected chi connectivity index (χ3v) is 7.62. The van der Waals surface area contributed by atoms with Gasteiger partial charge in [0.25, 0.3) is 0 Å². The number of benzene rings is 3. The summed E-state index contributed by atoms with van der Waals surface area (Å²) in [6.07, 6.45) is -2.22. The van der Waals surface area contributed by atoms with Gasteiger partial charge in [-0.05, 0) is 66.2 Å². The quantitative estimate of drug-likeness (QED) is 0.0987. The molecule has 16 heteroatoms. The minimum Gasteiger partial charge on any atom is -0.497 e. The van der Waals surface area contributed by atoms with Crippen molar-refractivity contribution in [1.82, 2.24) is 20.2 Å². The first kappa shape index (κ1) is 32.6. The van der Waals surface area contributed by atoms with Crippen molar-refractivity contribution in [1.29, 1.82) is 0 Å². The standard InChI is InChI=1S/C30H25F4N7O3S2/c1-17(2)23-11-10-22(43-3)13-25(23)41-26(42)15-46-29(41)37-28(45)38-36-14-19-5-4-18(12-24(19)31)27-35-16-40(39-27)20-6-8-21(9-7-20)44-30(32,33)34/h4-14,16-17H,15H2,1-3H3,(H,38,45)/b36-14+,37-29-. The molecule has 0 aliphatic carbocycles. The van der Waals surface area contributed by atoms with Crippen molar-refractivity contribution in [3.63, 3.8) is 0 Å². The summed E-state index contributed by atoms with van der Waals surface area (Å²) in [4.78, 5) is 22.9. The van der Waals surface area contributed by atoms with Crippen molar-refractivity contribution < 1.29 is 31.8 Å². The first-order valence-electron chi connectivity index (χ1n) is 13.5. The number of amides is 1. The molecule has 1 N–H and O–H groups in total. The Kier molecular flexibility index (Phi) is 9.67. The lowest BCUT2D eigenvalue weighted by molar-refractivity contribution is -0.274. The second kappa shape index (κ2) is 13.7. The van der Waals surface area contributed by atoms with Crippen molar-refractivity contribution in [3.05, 3.63) is 83.9 Å². The monoisotopic (exact) mass is 671 g/mol. The molecular formula is C30H25F4N7O3S2. The zero-order valence-corrected chi connectivity index (χ0v) is 26.1. The molecule has 0 atom stereocenters. The van der Waals surface area contributed by atoms with E-state index >= 15 is 0 Å². The van der Waals surface area contributed by atoms with Crippen LogP contribution in [0.25, 0.3) is 17.1 Å². The highest BCUT2D eigenvalue weighted by Crippen LogP contribution is 2.36. The zero-order chi connectivity index (χ0) is 33.0. The summed E-state index contributed by atoms with van der Waals surface area (Å²) in [6.45, 7) is 4.04. The SMILES string of the molecule is COc1ccc(C(C)C)c(N2C(=O)CS/C2=N\C(=S)N/N=C/c2ccc(-c3ncn(-c4ccc(OC(F)(F)F)cc4)n3)cc2F)c1. The predicted molar refractivity (Wildman–Crippen MR) is 171 cm³/mol. The molecule has 2 heterocycles. The molecule has 0 radical (unpaired) electrons. The number of rotatable bonds is 8. The van der Waals surface area contributed by atoms with Crippen LogP contribution in [0.15, 0.2) is 77.1 Å². The zero-order valence-electron chi connectivity index (χ0n) is 24.4. The maximum absolute atomic E-state index is 14.9. The van der Waals surface area contributed by atoms with Gasteiger partial charge in [-0.3, -0.25) is 15.1 Å². The Balaban J connectivity index is 1.25. The Hall–Kier alpha value is -4.83. The second-order valence-electron chi connectivity index (χ2n) is 9.96. The molecule has 0 spiro atoms. The lowest BCUT2D eigenvalue weighted by Crippen LogP contribution is -2.31. The largest absolute Gasteiger partial charge is 0.573 e. The van der Waals surface area contributed by atoms with Crippen LogP contribution in [0.5, 0.6) is 11.5 Å². The Bertz CT molecular complexity index is 1830. The Morgan fingerprint density at radius 3 is 2.52 bits per heavy atom. The van der Waals surface area contributed by atoms with Gasteiger partial charge in [0, 0.05) is 17.2 Å². The third kappa shape index (κ3) is 7.69. The van der Waals surface area contributed by atoms with Gasteiger partial charge in [0.15, 0.2) is 11.0 Å². The van der Waals surface area contributed by atoms with Crippen molar-refractivity contribution in [2.75, 3.05) is 17.8 Å². The number of alkyl halides is 3. The number of hydrogen-bond donors (Lipinski definition) is 1. The summed E-state index contributed by atoms with van der Waals surface area (Å²) in [7, 11) is 1.55. The number of nitrogens with zero attached hydrogens (tertiary/aromatic N) is 6. The highest BCUT2D eigenvalue weighted by molar-refractivity contribution is 8.15. The molecule has 238 valence electrons. The van der Waals surface area contributed by atoms with E-state index in [0.717, 1.165) is 17.7 Å². The van der Waals surface area contributed by atoms with Crippen LogP contribution in [0.4, 0.5) is 23.2 Å². The van der Waals surface area contributed by atoms with Gasteiger partial charge in [0.1, 0.15) is 23.6 Å². The average Bonchev–Trinajstić information content (AvgIpc) is 3.64. The van der Waals surface area contributed by atoms with Crippen LogP contribution in [0, 0.1) is 5.82 Å². The molecule has 1 saturated heterocycles. The summed E-state index contributed by atoms with van der Waals surface area (Å²) >= 11 is 6.55. The summed E-state index contributed by atoms with van der Waals surface area (Å²) < 4.78 is 62.7. The smallest absolute Gasteiger partial charge is 0.497 e. The first-order chi connectivity index (χ1) is 21.9. The summed E-state index contributed by atoms with van der Waals surface area (Å²) in [6, 6.07) is 14.9. The van der Waals surface area contributed by atoms with Gasteiger partial charge in [0.2, 0.25) is 11.0 Å². The second-order valence-corrected chi connectivity index (χ2v) is 11.3. The number of hydrogen-bond acceptors (Lipinski definition) is 8. The molecule has 10 nitrogen and oxygen atoms in total. The summed E-state index contributed by atoms with van der Waals surface area (Å²) in [5.74, 6) is -0.0373. The molecule has 0 saturated carbocycles. The highest BCUT2D eigenvalue weighted by atomic mass is 32.2. The fourth-order valence-corrected chi connectivity index (χ4v) is 5.44. The number of amidine groups is 1. The molecule has 3 aromatic carbocycles. The lowest BCUT2D eigenvalue weighted by atomic mass is 10.00. The fourth-order valence-electron chi connectivity index (χ4n) is 4.37. The van der Waals surface area contributed by atoms with E-state index in [2.05, 4.69) is 30.3 Å². The van der Waals surface area contributed by atoms with E-state index in [0.29, 0.717) is 27.9 Å². The number of carbonyl (C=O) groups excluding carboxylic acids is 1. The maximum atomic E-state index is 14.9. The van der Waals surface area contributed by atoms with E-state index in [-0.39, 0.29) is 39.8 Å². The Morgan fingerprint density at radius 2 is 1.85 bits per heavy atom. The molecule has 1 aliphatic rings. The van der Waals surface area contributed by atoms with Gasteiger partial charge >= 0.3 is 6.36 Å². The van der Waals surface area contributed by atoms with Crippen LogP contribution in [0.2, 0.25) is 0 Å². The predicted octanol–water partition coefficient (Wildman–Crippen LogP) is 6.45. The van der Waals surface area contributed by atoms with E-state index in [4.69, 9.17) is 17.0 Å². The van der Waals surface area contributed by atoms with Gasteiger partial charge in [-0.25, -0.2) is 14.1 Å². The lowest BCUT2D eigenvalue weighted by Gasteiger charge is -2.22. The molecule has 1 amide bonds. The number of carbonyl (C=O) groups is 1. The van der Waals surface area contributed by atoms with Crippen molar-refractivity contribution in [2.24, 2.45) is 10.1 Å². The van der Waals surface area contributed by atoms with Gasteiger partial charge in [-0.1, -0.05) is 37.7 Å². The normalized spacial score (nSPS) is 14.5. The number of hydrazone groups is 1. The molecular weight excluding hydrogens is 647 g/mol. The topological polar surface area (TPSA) is 106 Å². The van der Waals surface area contributed by atoms with Crippen LogP contribution in [0.1, 0.15) is 30.9 Å². The average molecular weight is 672 g/mol. The van der Waals surface area contributed by atoms with Crippen LogP contribution in [0.3, 0.4) is 0 Å². The van der Waals surface area contributed by atoms with Gasteiger partial charge in [0.05, 0.1) is 30.5 Å². The molecule has 5 rings (SSSR count). The highest BCUT2D eigenvalue weighted by Gasteiger charge is 2.33. The van der Waals surface area contributed by atoms with Crippen LogP contribution in [-0.4, -0.2) is 56.4 Å². The van der Waals surface area contributed by atoms with E-state index in [1.807, 2.05) is 26.0 Å². The van der Waals surface area contributed by atoms with Gasteiger partial charge < -0.3 is 9.47 Å². The molecule has 0 bridgehead atoms. The molecule has 4 aromatic rings. The van der Waals surface area contributed by atoms with Crippen molar-refractivity contribution in [3.8, 4) is 28.6 Å². The number of thioether (sulfide) groups is 1. The number of thiocarbonyl (C=S) groups is 1. The van der Waals surface area contributed by atoms with Crippen molar-refractivity contribution in [2.45, 2.75) is 26.1 Å². The van der Waals surface area contributed by atoms with E-state index in [1.165, 1.54) is 58.2 Å². The van der Waals surface area contributed by atoms with E-state index in [1.54, 1.807) is 19.2 Å². The first-order valence-corrected chi connectivity index (χ1v) is 14.9. The number of halogens is 4. The number of aromatic nitrogens is 3. The number of methoxy groups -OCH3 is 1. The van der Waals surface area contributed by atoms with E-state index < -0.39 is 12.2 Å². The molecule has 0 unspecified atom stereocenters. The molecule has 1 aliphatic heterocycles. The maximum Gasteiger partial charge on any atom is 0.573 e. The fraction of sp³-hybridized carbons (Fsp3) is 0.200. The Labute approximate surface area is 270 Å². The van der Waals surface area contributed by atoms with Crippen molar-refractivity contribution >= 4 is 52.1 Å². The molecule has 1 aromatic heterocycles. The van der Waals surface area contributed by atoms with Gasteiger partial charge in [-0.2, -0.15) is 10.1 Å². The van der Waals surface area contributed by atoms with Crippen LogP contribution >= 0.6 is 24.0 Å². The number of ether oxygens (including phenoxy) is 2. The van der Waals surface area contributed by atoms with Crippen LogP contribution in [-0.2, 0) is 4.79 Å². The molecule has 46 heavy (non-hydrogen) atoms. The van der Waals surface area contributed by atoms with Gasteiger partial charge in [-0.15, -0.1) is 18.3 Å². The van der Waals surface area contributed by atoms with Crippen LogP contribution < -0.4 is 19.8 Å². The Morgan fingerprint density at radius 1 is 1.11 bits per heavy atom. The van der Waals surface area contributed by atoms with E-state index in [9.17, 15) is 22.4 Å². The summed E-state index contributed by atoms with van der Waals surface area (Å²) in [5, 5.41) is 8.62. The number of anilines is 1. The minimum atomic E-state index is -4.80. The minimum absolute atomic E-state index is 0.0304. The number of aliphatic imine (C=N–C) groups is 1. The summed E-state index contributed by atoms with van der Waals surface area (Å²) in [5.41, 5.74) is 5.11. The molecule has 1 fully saturated rings. The number of nitrogens with one attached hydrogen (secondary N) is 1. The third-order valence-electron chi connectivity index (χ3n) is 6.51.